The van der Waals surface area contributed by atoms with Crippen LogP contribution in [-0.2, 0) is 10.8 Å². The van der Waals surface area contributed by atoms with E-state index < -0.39 is 0 Å². The number of fused-ring (bicyclic) bond motifs is 10. The van der Waals surface area contributed by atoms with Gasteiger partial charge in [-0.05, 0) is 121 Å². The summed E-state index contributed by atoms with van der Waals surface area (Å²) in [5.41, 5.74) is 18.9. The molecule has 0 atom stereocenters. The van der Waals surface area contributed by atoms with Crippen LogP contribution in [-0.4, -0.2) is 19.5 Å². The van der Waals surface area contributed by atoms with Crippen molar-refractivity contribution in [3.05, 3.63) is 216 Å². The van der Waals surface area contributed by atoms with Crippen molar-refractivity contribution >= 4 is 32.6 Å². The van der Waals surface area contributed by atoms with Crippen molar-refractivity contribution in [2.45, 2.75) is 38.5 Å². The summed E-state index contributed by atoms with van der Waals surface area (Å²) in [6.45, 7) is 9.23. The standard InChI is InChI=1S/C62H43N5/c1-61(2)53-16-10-8-14-47(53)49-34-43(24-28-54(49)61)59-64-58(65-60(66-59)44-23-27-48-46-13-7-9-15-52(46)62(3,4)55(48)35-44)40-20-18-39(19-21-40)42-25-30-57-51(33-42)50-31-37(36-63)17-29-56(50)67(57)45-26-22-38-11-5-6-12-41(38)32-45/h5-35H,1-4H3. The van der Waals surface area contributed by atoms with Crippen molar-refractivity contribution in [2.75, 3.05) is 0 Å². The van der Waals surface area contributed by atoms with Gasteiger partial charge in [0.25, 0.3) is 0 Å². The minimum atomic E-state index is -0.164. The van der Waals surface area contributed by atoms with Crippen molar-refractivity contribution < 1.29 is 0 Å². The van der Waals surface area contributed by atoms with E-state index >= 15 is 0 Å². The Morgan fingerprint density at radius 1 is 0.388 bits per heavy atom. The van der Waals surface area contributed by atoms with Crippen molar-refractivity contribution in [2.24, 2.45) is 0 Å². The van der Waals surface area contributed by atoms with Gasteiger partial charge in [0.15, 0.2) is 17.5 Å². The Labute approximate surface area is 389 Å². The number of nitrogens with zero attached hydrogens (tertiary/aromatic N) is 5. The molecular weight excluding hydrogens is 815 g/mol. The second-order valence-corrected chi connectivity index (χ2v) is 19.2. The zero-order chi connectivity index (χ0) is 45.2. The molecule has 0 saturated carbocycles. The van der Waals surface area contributed by atoms with Crippen molar-refractivity contribution in [3.8, 4) is 79.3 Å². The third-order valence-corrected chi connectivity index (χ3v) is 14.7. The summed E-state index contributed by atoms with van der Waals surface area (Å²) in [7, 11) is 0. The first-order chi connectivity index (χ1) is 32.6. The molecule has 2 aliphatic carbocycles. The van der Waals surface area contributed by atoms with Gasteiger partial charge in [0.1, 0.15) is 0 Å². The highest BCUT2D eigenvalue weighted by Gasteiger charge is 2.37. The van der Waals surface area contributed by atoms with E-state index in [0.717, 1.165) is 55.3 Å². The Balaban J connectivity index is 0.928. The summed E-state index contributed by atoms with van der Waals surface area (Å²) in [5, 5.41) is 14.5. The van der Waals surface area contributed by atoms with Crippen LogP contribution in [0.1, 0.15) is 55.5 Å². The Morgan fingerprint density at radius 3 is 1.64 bits per heavy atom. The first-order valence-electron chi connectivity index (χ1n) is 23.0. The monoisotopic (exact) mass is 857 g/mol. The van der Waals surface area contributed by atoms with Gasteiger partial charge in [-0.2, -0.15) is 5.26 Å². The van der Waals surface area contributed by atoms with E-state index in [9.17, 15) is 5.26 Å². The largest absolute Gasteiger partial charge is 0.309 e. The number of hydrogen-bond donors (Lipinski definition) is 0. The fourth-order valence-electron chi connectivity index (χ4n) is 11.1. The Kier molecular flexibility index (Phi) is 8.30. The lowest BCUT2D eigenvalue weighted by atomic mass is 9.82. The molecule has 0 amide bonds. The summed E-state index contributed by atoms with van der Waals surface area (Å²) >= 11 is 0. The van der Waals surface area contributed by atoms with Gasteiger partial charge in [-0.3, -0.25) is 0 Å². The number of rotatable bonds is 5. The Morgan fingerprint density at radius 2 is 0.910 bits per heavy atom. The van der Waals surface area contributed by atoms with E-state index in [4.69, 9.17) is 15.0 Å². The number of benzene rings is 9. The zero-order valence-electron chi connectivity index (χ0n) is 37.6. The molecule has 0 spiro atoms. The second kappa shape index (κ2) is 14.3. The predicted octanol–water partition coefficient (Wildman–Crippen LogP) is 15.3. The molecule has 0 bridgehead atoms. The molecule has 0 unspecified atom stereocenters. The summed E-state index contributed by atoms with van der Waals surface area (Å²) in [6.07, 6.45) is 0. The highest BCUT2D eigenvalue weighted by molar-refractivity contribution is 6.11. The van der Waals surface area contributed by atoms with E-state index in [1.165, 1.54) is 55.3 Å². The SMILES string of the molecule is CC1(C)c2ccccc2-c2cc(-c3nc(-c4ccc(-c5ccc6c(c5)c5cc(C#N)ccc5n6-c5ccc6ccccc6c5)cc4)nc(-c4ccc5c(c4)C(C)(C)c4ccccc4-5)n3)ccc21. The molecule has 316 valence electrons. The normalized spacial score (nSPS) is 13.9. The van der Waals surface area contributed by atoms with Crippen LogP contribution in [0.15, 0.2) is 188 Å². The maximum absolute atomic E-state index is 9.94. The van der Waals surface area contributed by atoms with Gasteiger partial charge in [0.2, 0.25) is 0 Å². The molecule has 9 aromatic carbocycles. The zero-order valence-corrected chi connectivity index (χ0v) is 37.6. The van der Waals surface area contributed by atoms with Crippen molar-refractivity contribution in [3.63, 3.8) is 0 Å². The summed E-state index contributed by atoms with van der Waals surface area (Å²) in [4.78, 5) is 15.8. The van der Waals surface area contributed by atoms with Gasteiger partial charge in [-0.25, -0.2) is 15.0 Å². The third kappa shape index (κ3) is 5.89. The molecule has 0 fully saturated rings. The Hall–Kier alpha value is -8.46. The molecule has 0 aliphatic heterocycles. The molecular formula is C62H43N5. The molecule has 0 saturated heterocycles. The van der Waals surface area contributed by atoms with Gasteiger partial charge in [0.05, 0.1) is 22.7 Å². The summed E-state index contributed by atoms with van der Waals surface area (Å²) < 4.78 is 2.31. The molecule has 0 radical (unpaired) electrons. The number of nitriles is 1. The third-order valence-electron chi connectivity index (χ3n) is 14.7. The molecule has 2 aliphatic rings. The fraction of sp³-hybridized carbons (Fsp3) is 0.0968. The quantitative estimate of drug-likeness (QED) is 0.173. The lowest BCUT2D eigenvalue weighted by molar-refractivity contribution is 0.660. The topological polar surface area (TPSA) is 67.4 Å². The van der Waals surface area contributed by atoms with Crippen LogP contribution in [0.2, 0.25) is 0 Å². The summed E-state index contributed by atoms with van der Waals surface area (Å²) in [5.74, 6) is 1.90. The molecule has 11 aromatic rings. The van der Waals surface area contributed by atoms with Crippen LogP contribution in [0, 0.1) is 11.3 Å². The summed E-state index contributed by atoms with van der Waals surface area (Å²) in [6, 6.07) is 69.5. The van der Waals surface area contributed by atoms with E-state index in [2.05, 4.69) is 214 Å². The average molecular weight is 858 g/mol. The van der Waals surface area contributed by atoms with Crippen LogP contribution < -0.4 is 0 Å². The first-order valence-corrected chi connectivity index (χ1v) is 23.0. The van der Waals surface area contributed by atoms with E-state index in [1.807, 2.05) is 12.1 Å². The molecule has 0 N–H and O–H groups in total. The highest BCUT2D eigenvalue weighted by Crippen LogP contribution is 2.51. The van der Waals surface area contributed by atoms with Gasteiger partial charge in [-0.1, -0.05) is 161 Å². The first kappa shape index (κ1) is 39.0. The average Bonchev–Trinajstić information content (AvgIpc) is 3.91. The van der Waals surface area contributed by atoms with Crippen molar-refractivity contribution in [1.29, 1.82) is 5.26 Å². The number of aromatic nitrogens is 4. The molecule has 13 rings (SSSR count). The highest BCUT2D eigenvalue weighted by atomic mass is 15.0. The van der Waals surface area contributed by atoms with Gasteiger partial charge in [-0.15, -0.1) is 0 Å². The second-order valence-electron chi connectivity index (χ2n) is 19.2. The molecule has 67 heavy (non-hydrogen) atoms. The molecule has 2 aromatic heterocycles. The van der Waals surface area contributed by atoms with Crippen LogP contribution in [0.25, 0.3) is 106 Å². The smallest absolute Gasteiger partial charge is 0.164 e. The van der Waals surface area contributed by atoms with Crippen LogP contribution >= 0.6 is 0 Å². The molecule has 2 heterocycles. The van der Waals surface area contributed by atoms with Crippen LogP contribution in [0.3, 0.4) is 0 Å². The van der Waals surface area contributed by atoms with E-state index in [0.29, 0.717) is 23.0 Å². The molecule has 5 heteroatoms. The Bertz CT molecular complexity index is 3940. The fourth-order valence-corrected chi connectivity index (χ4v) is 11.1. The molecule has 5 nitrogen and oxygen atoms in total. The predicted molar refractivity (Wildman–Crippen MR) is 273 cm³/mol. The van der Waals surface area contributed by atoms with Gasteiger partial charge in [0, 0.05) is 44.0 Å². The van der Waals surface area contributed by atoms with E-state index in [1.54, 1.807) is 0 Å². The maximum atomic E-state index is 9.94. The minimum Gasteiger partial charge on any atom is -0.309 e. The maximum Gasteiger partial charge on any atom is 0.164 e. The van der Waals surface area contributed by atoms with E-state index in [-0.39, 0.29) is 10.8 Å². The van der Waals surface area contributed by atoms with Crippen LogP contribution in [0.5, 0.6) is 0 Å². The van der Waals surface area contributed by atoms with Crippen LogP contribution in [0.4, 0.5) is 0 Å². The number of hydrogen-bond acceptors (Lipinski definition) is 4. The van der Waals surface area contributed by atoms with Crippen molar-refractivity contribution in [1.82, 2.24) is 19.5 Å². The van der Waals surface area contributed by atoms with Gasteiger partial charge >= 0.3 is 0 Å². The van der Waals surface area contributed by atoms with Gasteiger partial charge < -0.3 is 4.57 Å². The lowest BCUT2D eigenvalue weighted by Gasteiger charge is -2.22. The minimum absolute atomic E-state index is 0.102. The lowest BCUT2D eigenvalue weighted by Crippen LogP contribution is -2.15.